The highest BCUT2D eigenvalue weighted by Crippen LogP contribution is 2.44. The SMILES string of the molecule is COCC(C)(NC(=O)C(C)C(C)NC(=O)OCC1c2ccccc2-c2ccccc21)C(=O)O. The molecule has 3 rings (SSSR count). The van der Waals surface area contributed by atoms with Crippen molar-refractivity contribution in [2.75, 3.05) is 20.3 Å². The first kappa shape index (κ1) is 24.3. The maximum Gasteiger partial charge on any atom is 0.407 e. The fourth-order valence-electron chi connectivity index (χ4n) is 4.00. The molecule has 2 aromatic carbocycles. The molecule has 0 aromatic heterocycles. The van der Waals surface area contributed by atoms with Gasteiger partial charge in [-0.25, -0.2) is 9.59 Å². The van der Waals surface area contributed by atoms with Gasteiger partial charge in [-0.2, -0.15) is 0 Å². The van der Waals surface area contributed by atoms with Gasteiger partial charge in [0.15, 0.2) is 5.54 Å². The number of ether oxygens (including phenoxy) is 2. The molecule has 3 atom stereocenters. The summed E-state index contributed by atoms with van der Waals surface area (Å²) in [6, 6.07) is 15.5. The van der Waals surface area contributed by atoms with Crippen LogP contribution in [0.1, 0.15) is 37.8 Å². The fourth-order valence-corrected chi connectivity index (χ4v) is 4.00. The number of carboxylic acid groups (broad SMARTS) is 1. The van der Waals surface area contributed by atoms with E-state index in [9.17, 15) is 19.5 Å². The molecule has 1 aliphatic carbocycles. The number of benzene rings is 2. The van der Waals surface area contributed by atoms with E-state index in [2.05, 4.69) is 22.8 Å². The van der Waals surface area contributed by atoms with Crippen LogP contribution in [0.15, 0.2) is 48.5 Å². The van der Waals surface area contributed by atoms with Crippen molar-refractivity contribution in [2.45, 2.75) is 38.3 Å². The Morgan fingerprint density at radius 1 is 1.03 bits per heavy atom. The zero-order valence-electron chi connectivity index (χ0n) is 19.3. The van der Waals surface area contributed by atoms with Crippen LogP contribution in [0, 0.1) is 5.92 Å². The van der Waals surface area contributed by atoms with Gasteiger partial charge >= 0.3 is 12.1 Å². The normalized spacial score (nSPS) is 16.0. The van der Waals surface area contributed by atoms with E-state index in [1.807, 2.05) is 36.4 Å². The van der Waals surface area contributed by atoms with Gasteiger partial charge in [-0.15, -0.1) is 0 Å². The summed E-state index contributed by atoms with van der Waals surface area (Å²) in [6.07, 6.45) is -0.637. The zero-order chi connectivity index (χ0) is 24.2. The third kappa shape index (κ3) is 5.17. The van der Waals surface area contributed by atoms with Crippen molar-refractivity contribution in [3.63, 3.8) is 0 Å². The smallest absolute Gasteiger partial charge is 0.407 e. The summed E-state index contributed by atoms with van der Waals surface area (Å²) in [6.45, 7) is 4.62. The van der Waals surface area contributed by atoms with Gasteiger partial charge < -0.3 is 25.2 Å². The van der Waals surface area contributed by atoms with Gasteiger partial charge in [0.25, 0.3) is 0 Å². The Kier molecular flexibility index (Phi) is 7.38. The molecule has 8 nitrogen and oxygen atoms in total. The molecular weight excluding hydrogens is 424 g/mol. The van der Waals surface area contributed by atoms with E-state index < -0.39 is 35.5 Å². The number of alkyl carbamates (subject to hydrolysis) is 1. The Bertz CT molecular complexity index is 994. The Morgan fingerprint density at radius 3 is 2.09 bits per heavy atom. The number of hydrogen-bond donors (Lipinski definition) is 3. The van der Waals surface area contributed by atoms with Crippen molar-refractivity contribution < 1.29 is 29.0 Å². The molecule has 33 heavy (non-hydrogen) atoms. The molecule has 0 saturated carbocycles. The van der Waals surface area contributed by atoms with Crippen LogP contribution in [0.2, 0.25) is 0 Å². The molecule has 8 heteroatoms. The summed E-state index contributed by atoms with van der Waals surface area (Å²) in [7, 11) is 1.36. The Hall–Kier alpha value is -3.39. The minimum atomic E-state index is -1.57. The number of nitrogens with one attached hydrogen (secondary N) is 2. The summed E-state index contributed by atoms with van der Waals surface area (Å²) in [5.74, 6) is -2.48. The van der Waals surface area contributed by atoms with Crippen molar-refractivity contribution in [1.82, 2.24) is 10.6 Å². The number of hydrogen-bond acceptors (Lipinski definition) is 5. The topological polar surface area (TPSA) is 114 Å². The molecule has 0 bridgehead atoms. The molecule has 3 unspecified atom stereocenters. The van der Waals surface area contributed by atoms with Gasteiger partial charge in [-0.3, -0.25) is 4.79 Å². The highest BCUT2D eigenvalue weighted by molar-refractivity contribution is 5.88. The molecule has 0 aliphatic heterocycles. The van der Waals surface area contributed by atoms with E-state index in [0.29, 0.717) is 0 Å². The largest absolute Gasteiger partial charge is 0.479 e. The summed E-state index contributed by atoms with van der Waals surface area (Å²) < 4.78 is 10.4. The number of fused-ring (bicyclic) bond motifs is 3. The first-order valence-corrected chi connectivity index (χ1v) is 10.8. The third-order valence-corrected chi connectivity index (χ3v) is 6.16. The van der Waals surface area contributed by atoms with E-state index in [4.69, 9.17) is 9.47 Å². The molecule has 2 amide bonds. The number of aliphatic carboxylic acids is 1. The Balaban J connectivity index is 1.59. The fraction of sp³-hybridized carbons (Fsp3) is 0.400. The van der Waals surface area contributed by atoms with Crippen molar-refractivity contribution >= 4 is 18.0 Å². The summed E-state index contributed by atoms with van der Waals surface area (Å²) >= 11 is 0. The molecule has 1 aliphatic rings. The van der Waals surface area contributed by atoms with Crippen LogP contribution in [0.3, 0.4) is 0 Å². The van der Waals surface area contributed by atoms with E-state index in [1.165, 1.54) is 14.0 Å². The van der Waals surface area contributed by atoms with Crippen LogP contribution < -0.4 is 10.6 Å². The van der Waals surface area contributed by atoms with Gasteiger partial charge in [0.05, 0.1) is 12.5 Å². The van der Waals surface area contributed by atoms with E-state index >= 15 is 0 Å². The number of carbonyl (C=O) groups is 3. The van der Waals surface area contributed by atoms with Crippen LogP contribution >= 0.6 is 0 Å². The predicted molar refractivity (Wildman–Crippen MR) is 123 cm³/mol. The Labute approximate surface area is 193 Å². The van der Waals surface area contributed by atoms with Crippen LogP contribution in [0.25, 0.3) is 11.1 Å². The second-order valence-corrected chi connectivity index (χ2v) is 8.61. The van der Waals surface area contributed by atoms with Gasteiger partial charge in [-0.05, 0) is 36.1 Å². The second-order valence-electron chi connectivity index (χ2n) is 8.61. The third-order valence-electron chi connectivity index (χ3n) is 6.16. The molecule has 176 valence electrons. The molecule has 0 radical (unpaired) electrons. The summed E-state index contributed by atoms with van der Waals surface area (Å²) in [4.78, 5) is 36.6. The molecule has 0 heterocycles. The van der Waals surface area contributed by atoms with E-state index in [1.54, 1.807) is 13.8 Å². The lowest BCUT2D eigenvalue weighted by molar-refractivity contribution is -0.150. The standard InChI is InChI=1S/C25H30N2O6/c1-15(22(28)27-25(3,14-32-4)23(29)30)16(2)26-24(31)33-13-21-19-11-7-5-9-17(19)18-10-6-8-12-20(18)21/h5-12,15-16,21H,13-14H2,1-4H3,(H,26,31)(H,27,28)(H,29,30). The van der Waals surface area contributed by atoms with Gasteiger partial charge in [0.2, 0.25) is 5.91 Å². The molecule has 0 fully saturated rings. The Morgan fingerprint density at radius 2 is 1.58 bits per heavy atom. The average Bonchev–Trinajstić information content (AvgIpc) is 3.11. The zero-order valence-corrected chi connectivity index (χ0v) is 19.3. The average molecular weight is 455 g/mol. The van der Waals surface area contributed by atoms with Gasteiger partial charge in [0.1, 0.15) is 6.61 Å². The molecule has 0 saturated heterocycles. The van der Waals surface area contributed by atoms with E-state index in [0.717, 1.165) is 22.3 Å². The minimum Gasteiger partial charge on any atom is -0.479 e. The number of rotatable bonds is 9. The lowest BCUT2D eigenvalue weighted by Crippen LogP contribution is -2.58. The first-order valence-electron chi connectivity index (χ1n) is 10.8. The highest BCUT2D eigenvalue weighted by Gasteiger charge is 2.37. The van der Waals surface area contributed by atoms with Crippen molar-refractivity contribution in [1.29, 1.82) is 0 Å². The van der Waals surface area contributed by atoms with Crippen molar-refractivity contribution in [3.05, 3.63) is 59.7 Å². The highest BCUT2D eigenvalue weighted by atomic mass is 16.5. The monoisotopic (exact) mass is 454 g/mol. The van der Waals surface area contributed by atoms with Crippen LogP contribution in [-0.2, 0) is 19.1 Å². The number of carbonyl (C=O) groups excluding carboxylic acids is 2. The second kappa shape index (κ2) is 10.0. The minimum absolute atomic E-state index is 0.0653. The summed E-state index contributed by atoms with van der Waals surface area (Å²) in [5.41, 5.74) is 2.93. The lowest BCUT2D eigenvalue weighted by Gasteiger charge is -2.28. The maximum absolute atomic E-state index is 12.6. The van der Waals surface area contributed by atoms with Crippen LogP contribution in [0.5, 0.6) is 0 Å². The summed E-state index contributed by atoms with van der Waals surface area (Å²) in [5, 5.41) is 14.6. The van der Waals surface area contributed by atoms with Gasteiger partial charge in [-0.1, -0.05) is 55.5 Å². The molecule has 3 N–H and O–H groups in total. The maximum atomic E-state index is 12.6. The molecule has 0 spiro atoms. The number of methoxy groups -OCH3 is 1. The quantitative estimate of drug-likeness (QED) is 0.536. The molecule has 2 aromatic rings. The molecular formula is C25H30N2O6. The van der Waals surface area contributed by atoms with Crippen molar-refractivity contribution in [2.24, 2.45) is 5.92 Å². The lowest BCUT2D eigenvalue weighted by atomic mass is 9.98. The first-order chi connectivity index (χ1) is 15.7. The number of amides is 2. The van der Waals surface area contributed by atoms with E-state index in [-0.39, 0.29) is 19.1 Å². The number of carboxylic acids is 1. The predicted octanol–water partition coefficient (Wildman–Crippen LogP) is 3.16. The van der Waals surface area contributed by atoms with Gasteiger partial charge in [0, 0.05) is 19.1 Å². The van der Waals surface area contributed by atoms with Crippen molar-refractivity contribution in [3.8, 4) is 11.1 Å². The van der Waals surface area contributed by atoms with Crippen LogP contribution in [0.4, 0.5) is 4.79 Å². The van der Waals surface area contributed by atoms with Crippen LogP contribution in [-0.4, -0.2) is 55.0 Å².